The highest BCUT2D eigenvalue weighted by Crippen LogP contribution is 2.30. The molecule has 154 valence electrons. The van der Waals surface area contributed by atoms with Crippen molar-refractivity contribution in [2.24, 2.45) is 10.7 Å². The SMILES string of the molecule is CCOc1ccc(OCC)c(NC(N)=NCC#Cc2cccc(C(F)(F)F)c2)c1. The van der Waals surface area contributed by atoms with Crippen LogP contribution in [0.3, 0.4) is 0 Å². The highest BCUT2D eigenvalue weighted by molar-refractivity contribution is 5.94. The third kappa shape index (κ3) is 6.96. The monoisotopic (exact) mass is 405 g/mol. The molecule has 2 rings (SSSR count). The van der Waals surface area contributed by atoms with Crippen molar-refractivity contribution in [2.75, 3.05) is 25.1 Å². The van der Waals surface area contributed by atoms with Crippen molar-refractivity contribution in [3.63, 3.8) is 0 Å². The fraction of sp³-hybridized carbons (Fsp3) is 0.286. The van der Waals surface area contributed by atoms with Gasteiger partial charge in [-0.25, -0.2) is 4.99 Å². The zero-order chi connectivity index (χ0) is 21.3. The van der Waals surface area contributed by atoms with Gasteiger partial charge >= 0.3 is 6.18 Å². The highest BCUT2D eigenvalue weighted by Gasteiger charge is 2.30. The van der Waals surface area contributed by atoms with Gasteiger partial charge in [0.1, 0.15) is 18.0 Å². The van der Waals surface area contributed by atoms with Crippen LogP contribution in [0.25, 0.3) is 0 Å². The van der Waals surface area contributed by atoms with E-state index in [1.165, 1.54) is 12.1 Å². The van der Waals surface area contributed by atoms with Crippen LogP contribution < -0.4 is 20.5 Å². The topological polar surface area (TPSA) is 68.9 Å². The number of guanidine groups is 1. The Hall–Kier alpha value is -3.34. The molecule has 0 fully saturated rings. The molecule has 0 bridgehead atoms. The second-order valence-corrected chi connectivity index (χ2v) is 5.73. The predicted molar refractivity (Wildman–Crippen MR) is 107 cm³/mol. The molecule has 0 aliphatic heterocycles. The van der Waals surface area contributed by atoms with Crippen molar-refractivity contribution in [1.29, 1.82) is 0 Å². The van der Waals surface area contributed by atoms with Crippen molar-refractivity contribution in [3.05, 3.63) is 53.6 Å². The standard InChI is InChI=1S/C21H22F3N3O2/c1-3-28-17-10-11-19(29-4-2)18(14-17)27-20(25)26-12-6-8-15-7-5-9-16(13-15)21(22,23)24/h5,7,9-11,13-14H,3-4,12H2,1-2H3,(H3,25,26,27). The molecule has 2 aromatic rings. The zero-order valence-electron chi connectivity index (χ0n) is 16.1. The van der Waals surface area contributed by atoms with E-state index in [0.29, 0.717) is 30.4 Å². The quantitative estimate of drug-likeness (QED) is 0.428. The van der Waals surface area contributed by atoms with Crippen LogP contribution in [-0.4, -0.2) is 25.7 Å². The lowest BCUT2D eigenvalue weighted by atomic mass is 10.1. The summed E-state index contributed by atoms with van der Waals surface area (Å²) < 4.78 is 49.2. The third-order valence-corrected chi connectivity index (χ3v) is 3.58. The molecule has 0 aliphatic carbocycles. The van der Waals surface area contributed by atoms with Gasteiger partial charge in [0.05, 0.1) is 24.5 Å². The molecule has 0 aromatic heterocycles. The maximum Gasteiger partial charge on any atom is 0.416 e. The normalized spacial score (nSPS) is 11.4. The zero-order valence-corrected chi connectivity index (χ0v) is 16.1. The lowest BCUT2D eigenvalue weighted by molar-refractivity contribution is -0.137. The summed E-state index contributed by atoms with van der Waals surface area (Å²) in [6.45, 7) is 4.75. The number of benzene rings is 2. The maximum atomic E-state index is 12.7. The van der Waals surface area contributed by atoms with Gasteiger partial charge in [0.2, 0.25) is 0 Å². The third-order valence-electron chi connectivity index (χ3n) is 3.58. The molecule has 29 heavy (non-hydrogen) atoms. The molecular formula is C21H22F3N3O2. The number of aliphatic imine (C=N–C) groups is 1. The minimum atomic E-state index is -4.40. The van der Waals surface area contributed by atoms with E-state index in [-0.39, 0.29) is 18.1 Å². The van der Waals surface area contributed by atoms with Crippen LogP contribution in [0.15, 0.2) is 47.5 Å². The van der Waals surface area contributed by atoms with E-state index < -0.39 is 11.7 Å². The van der Waals surface area contributed by atoms with Gasteiger partial charge in [0.25, 0.3) is 0 Å². The molecule has 5 nitrogen and oxygen atoms in total. The molecule has 0 amide bonds. The predicted octanol–water partition coefficient (Wildman–Crippen LogP) is 4.28. The number of hydrogen-bond donors (Lipinski definition) is 2. The van der Waals surface area contributed by atoms with E-state index >= 15 is 0 Å². The molecule has 0 saturated heterocycles. The first kappa shape index (κ1) is 22.0. The lowest BCUT2D eigenvalue weighted by Crippen LogP contribution is -2.23. The van der Waals surface area contributed by atoms with Gasteiger partial charge in [-0.3, -0.25) is 0 Å². The first-order valence-corrected chi connectivity index (χ1v) is 8.96. The van der Waals surface area contributed by atoms with Crippen LogP contribution in [0.5, 0.6) is 11.5 Å². The second kappa shape index (κ2) is 10.3. The Morgan fingerprint density at radius 1 is 1.10 bits per heavy atom. The minimum Gasteiger partial charge on any atom is -0.494 e. The Morgan fingerprint density at radius 2 is 1.86 bits per heavy atom. The van der Waals surface area contributed by atoms with Crippen LogP contribution in [-0.2, 0) is 6.18 Å². The number of ether oxygens (including phenoxy) is 2. The van der Waals surface area contributed by atoms with Crippen LogP contribution >= 0.6 is 0 Å². The van der Waals surface area contributed by atoms with Gasteiger partial charge in [-0.2, -0.15) is 13.2 Å². The van der Waals surface area contributed by atoms with E-state index in [1.807, 2.05) is 13.8 Å². The van der Waals surface area contributed by atoms with Crippen molar-refractivity contribution >= 4 is 11.6 Å². The Bertz CT molecular complexity index is 915. The average Bonchev–Trinajstić information content (AvgIpc) is 2.67. The number of nitrogens with two attached hydrogens (primary N) is 1. The fourth-order valence-electron chi connectivity index (χ4n) is 2.36. The van der Waals surface area contributed by atoms with Crippen molar-refractivity contribution in [2.45, 2.75) is 20.0 Å². The number of nitrogens with one attached hydrogen (secondary N) is 1. The van der Waals surface area contributed by atoms with Gasteiger partial charge in [-0.1, -0.05) is 17.9 Å². The first-order chi connectivity index (χ1) is 13.8. The Labute approximate surface area is 167 Å². The van der Waals surface area contributed by atoms with Crippen LogP contribution in [0, 0.1) is 11.8 Å². The summed E-state index contributed by atoms with van der Waals surface area (Å²) in [5.41, 5.74) is 5.98. The van der Waals surface area contributed by atoms with Crippen LogP contribution in [0.4, 0.5) is 18.9 Å². The number of alkyl halides is 3. The van der Waals surface area contributed by atoms with E-state index in [2.05, 4.69) is 22.2 Å². The van der Waals surface area contributed by atoms with Gasteiger partial charge in [0.15, 0.2) is 5.96 Å². The van der Waals surface area contributed by atoms with Gasteiger partial charge < -0.3 is 20.5 Å². The number of anilines is 1. The summed E-state index contributed by atoms with van der Waals surface area (Å²) in [6.07, 6.45) is -4.40. The largest absolute Gasteiger partial charge is 0.494 e. The molecule has 0 aliphatic rings. The fourth-order valence-corrected chi connectivity index (χ4v) is 2.36. The molecule has 0 atom stereocenters. The summed E-state index contributed by atoms with van der Waals surface area (Å²) in [5.74, 6) is 6.67. The second-order valence-electron chi connectivity index (χ2n) is 5.73. The van der Waals surface area contributed by atoms with Crippen molar-refractivity contribution < 1.29 is 22.6 Å². The highest BCUT2D eigenvalue weighted by atomic mass is 19.4. The molecule has 0 spiro atoms. The molecule has 0 unspecified atom stereocenters. The number of hydrogen-bond acceptors (Lipinski definition) is 3. The van der Waals surface area contributed by atoms with Crippen molar-refractivity contribution in [3.8, 4) is 23.3 Å². The van der Waals surface area contributed by atoms with Crippen molar-refractivity contribution in [1.82, 2.24) is 0 Å². The van der Waals surface area contributed by atoms with Crippen LogP contribution in [0.1, 0.15) is 25.0 Å². The Morgan fingerprint density at radius 3 is 2.55 bits per heavy atom. The lowest BCUT2D eigenvalue weighted by Gasteiger charge is -2.13. The number of nitrogens with zero attached hydrogens (tertiary/aromatic N) is 1. The summed E-state index contributed by atoms with van der Waals surface area (Å²) >= 11 is 0. The molecule has 3 N–H and O–H groups in total. The minimum absolute atomic E-state index is 0.0181. The molecule has 2 aromatic carbocycles. The smallest absolute Gasteiger partial charge is 0.416 e. The summed E-state index contributed by atoms with van der Waals surface area (Å²) in [5, 5.41) is 2.93. The Balaban J connectivity index is 2.07. The average molecular weight is 405 g/mol. The van der Waals surface area contributed by atoms with E-state index in [9.17, 15) is 13.2 Å². The van der Waals surface area contributed by atoms with Gasteiger partial charge in [0, 0.05) is 11.6 Å². The van der Waals surface area contributed by atoms with E-state index in [4.69, 9.17) is 15.2 Å². The molecular weight excluding hydrogens is 383 g/mol. The summed E-state index contributed by atoms with van der Waals surface area (Å²) in [6, 6.07) is 10.1. The molecule has 0 saturated carbocycles. The first-order valence-electron chi connectivity index (χ1n) is 8.96. The number of halogens is 3. The summed E-state index contributed by atoms with van der Waals surface area (Å²) in [7, 11) is 0. The Kier molecular flexibility index (Phi) is 7.78. The van der Waals surface area contributed by atoms with Gasteiger partial charge in [-0.05, 0) is 44.2 Å². The number of rotatable bonds is 6. The molecule has 0 heterocycles. The maximum absolute atomic E-state index is 12.7. The van der Waals surface area contributed by atoms with E-state index in [0.717, 1.165) is 12.1 Å². The molecule has 0 radical (unpaired) electrons. The summed E-state index contributed by atoms with van der Waals surface area (Å²) in [4.78, 5) is 4.07. The molecule has 8 heteroatoms. The van der Waals surface area contributed by atoms with Gasteiger partial charge in [-0.15, -0.1) is 0 Å². The van der Waals surface area contributed by atoms with E-state index in [1.54, 1.807) is 18.2 Å². The van der Waals surface area contributed by atoms with Crippen LogP contribution in [0.2, 0.25) is 0 Å².